The van der Waals surface area contributed by atoms with Crippen LogP contribution in [0.1, 0.15) is 38.7 Å². The predicted molar refractivity (Wildman–Crippen MR) is 79.7 cm³/mol. The zero-order valence-corrected chi connectivity index (χ0v) is 14.0. The van der Waals surface area contributed by atoms with Crippen molar-refractivity contribution in [3.05, 3.63) is 20.2 Å². The van der Waals surface area contributed by atoms with Gasteiger partial charge in [-0.25, -0.2) is 9.97 Å². The van der Waals surface area contributed by atoms with E-state index >= 15 is 0 Å². The zero-order chi connectivity index (χ0) is 13.8. The van der Waals surface area contributed by atoms with Gasteiger partial charge in [-0.15, -0.1) is 0 Å². The fourth-order valence-corrected chi connectivity index (χ4v) is 2.16. The molecule has 18 heavy (non-hydrogen) atoms. The summed E-state index contributed by atoms with van der Waals surface area (Å²) in [6.07, 6.45) is 0.782. The molecule has 1 rings (SSSR count). The Morgan fingerprint density at radius 2 is 2.00 bits per heavy atom. The van der Waals surface area contributed by atoms with Gasteiger partial charge in [-0.3, -0.25) is 0 Å². The summed E-state index contributed by atoms with van der Waals surface area (Å²) in [5.74, 6) is 0.615. The maximum atomic E-state index is 6.15. The molecular weight excluding hydrogens is 367 g/mol. The molecule has 1 heterocycles. The van der Waals surface area contributed by atoms with Crippen LogP contribution in [0.4, 0.5) is 0 Å². The molecule has 0 aliphatic heterocycles. The summed E-state index contributed by atoms with van der Waals surface area (Å²) < 4.78 is 11.7. The Morgan fingerprint density at radius 3 is 2.50 bits per heavy atom. The third-order valence-electron chi connectivity index (χ3n) is 2.77. The van der Waals surface area contributed by atoms with E-state index in [-0.39, 0.29) is 0 Å². The molecule has 1 atom stereocenters. The number of rotatable bonds is 6. The molecule has 1 aromatic heterocycles. The van der Waals surface area contributed by atoms with E-state index in [1.807, 2.05) is 20.8 Å². The fourth-order valence-electron chi connectivity index (χ4n) is 1.58. The van der Waals surface area contributed by atoms with Crippen LogP contribution in [0.15, 0.2) is 0 Å². The van der Waals surface area contributed by atoms with Gasteiger partial charge in [-0.1, -0.05) is 18.5 Å². The average molecular weight is 385 g/mol. The molecule has 0 aromatic carbocycles. The molecule has 4 nitrogen and oxygen atoms in total. The van der Waals surface area contributed by atoms with E-state index in [2.05, 4.69) is 32.6 Å². The number of halogens is 2. The van der Waals surface area contributed by atoms with Gasteiger partial charge in [-0.05, 0) is 42.9 Å². The van der Waals surface area contributed by atoms with Crippen molar-refractivity contribution in [3.63, 3.8) is 0 Å². The van der Waals surface area contributed by atoms with Gasteiger partial charge < -0.3 is 9.47 Å². The molecule has 0 fully saturated rings. The van der Waals surface area contributed by atoms with E-state index in [4.69, 9.17) is 21.1 Å². The van der Waals surface area contributed by atoms with E-state index in [9.17, 15) is 0 Å². The lowest BCUT2D eigenvalue weighted by Crippen LogP contribution is -2.28. The van der Waals surface area contributed by atoms with Crippen LogP contribution in [0.25, 0.3) is 0 Å². The third-order valence-corrected chi connectivity index (χ3v) is 4.50. The summed E-state index contributed by atoms with van der Waals surface area (Å²) in [6.45, 7) is 7.00. The minimum absolute atomic E-state index is 0.416. The molecule has 0 radical (unpaired) electrons. The smallest absolute Gasteiger partial charge is 0.162 e. The normalized spacial score (nSPS) is 14.6. The van der Waals surface area contributed by atoms with E-state index in [1.165, 1.54) is 0 Å². The Balaban J connectivity index is 3.23. The second-order valence-corrected chi connectivity index (χ2v) is 5.49. The van der Waals surface area contributed by atoms with Crippen molar-refractivity contribution in [3.8, 4) is 0 Å². The molecule has 1 unspecified atom stereocenters. The van der Waals surface area contributed by atoms with Crippen molar-refractivity contribution in [2.24, 2.45) is 0 Å². The first-order chi connectivity index (χ1) is 8.48. The van der Waals surface area contributed by atoms with Crippen molar-refractivity contribution in [1.82, 2.24) is 9.97 Å². The number of hydrogen-bond acceptors (Lipinski definition) is 4. The van der Waals surface area contributed by atoms with E-state index in [0.717, 1.165) is 15.7 Å². The van der Waals surface area contributed by atoms with Crippen LogP contribution in [0.5, 0.6) is 0 Å². The lowest BCUT2D eigenvalue weighted by molar-refractivity contribution is -0.0394. The Kier molecular flexibility index (Phi) is 6.23. The van der Waals surface area contributed by atoms with Gasteiger partial charge in [0.25, 0.3) is 0 Å². The summed E-state index contributed by atoms with van der Waals surface area (Å²) >= 11 is 8.28. The van der Waals surface area contributed by atoms with E-state index in [0.29, 0.717) is 24.2 Å². The van der Waals surface area contributed by atoms with Crippen LogP contribution in [-0.4, -0.2) is 23.7 Å². The first-order valence-electron chi connectivity index (χ1n) is 5.83. The first kappa shape index (κ1) is 16.1. The highest BCUT2D eigenvalue weighted by Gasteiger charge is 2.30. The number of methoxy groups -OCH3 is 1. The molecule has 102 valence electrons. The van der Waals surface area contributed by atoms with Crippen LogP contribution in [-0.2, 0) is 21.7 Å². The van der Waals surface area contributed by atoms with Crippen LogP contribution < -0.4 is 0 Å². The molecule has 0 aliphatic carbocycles. The minimum Gasteiger partial charge on any atom is -0.378 e. The highest BCUT2D eigenvalue weighted by Crippen LogP contribution is 2.29. The van der Waals surface area contributed by atoms with Gasteiger partial charge in [0.05, 0.1) is 15.9 Å². The first-order valence-corrected chi connectivity index (χ1v) is 7.29. The Labute approximate surface area is 127 Å². The second-order valence-electron chi connectivity index (χ2n) is 4.05. The quantitative estimate of drug-likeness (QED) is 0.556. The molecule has 0 spiro atoms. The summed E-state index contributed by atoms with van der Waals surface area (Å²) in [5.41, 5.74) is 0.290. The van der Waals surface area contributed by atoms with Gasteiger partial charge >= 0.3 is 0 Å². The molecule has 0 amide bonds. The molecule has 0 saturated heterocycles. The third kappa shape index (κ3) is 3.53. The number of hydrogen-bond donors (Lipinski definition) is 0. The largest absolute Gasteiger partial charge is 0.378 e. The second kappa shape index (κ2) is 6.98. The SMILES string of the molecule is CCOC(C)(CC)c1nc(Cl)c(I)c(COC)n1. The Morgan fingerprint density at radius 1 is 1.33 bits per heavy atom. The standard InChI is InChI=1S/C12H18ClIN2O2/c1-5-12(3,18-6-2)11-15-8(7-17-4)9(14)10(13)16-11/h5-7H2,1-4H3. The molecule has 0 aliphatic rings. The van der Waals surface area contributed by atoms with Crippen molar-refractivity contribution >= 4 is 34.2 Å². The van der Waals surface area contributed by atoms with Gasteiger partial charge in [0.15, 0.2) is 5.82 Å². The topological polar surface area (TPSA) is 44.2 Å². The Bertz CT molecular complexity index is 417. The number of nitrogens with zero attached hydrogens (tertiary/aromatic N) is 2. The molecular formula is C12H18ClIN2O2. The van der Waals surface area contributed by atoms with Gasteiger partial charge in [0.1, 0.15) is 10.8 Å². The van der Waals surface area contributed by atoms with Crippen molar-refractivity contribution < 1.29 is 9.47 Å². The monoisotopic (exact) mass is 384 g/mol. The molecule has 0 bridgehead atoms. The van der Waals surface area contributed by atoms with Gasteiger partial charge in [-0.2, -0.15) is 0 Å². The summed E-state index contributed by atoms with van der Waals surface area (Å²) in [5, 5.41) is 0.451. The molecule has 0 N–H and O–H groups in total. The summed E-state index contributed by atoms with van der Waals surface area (Å²) in [6, 6.07) is 0. The van der Waals surface area contributed by atoms with Crippen LogP contribution in [0.3, 0.4) is 0 Å². The average Bonchev–Trinajstić information content (AvgIpc) is 2.35. The van der Waals surface area contributed by atoms with Crippen molar-refractivity contribution in [2.45, 2.75) is 39.4 Å². The van der Waals surface area contributed by atoms with Gasteiger partial charge in [0, 0.05) is 13.7 Å². The molecule has 1 aromatic rings. The lowest BCUT2D eigenvalue weighted by Gasteiger charge is -2.27. The maximum Gasteiger partial charge on any atom is 0.162 e. The highest BCUT2D eigenvalue weighted by atomic mass is 127. The summed E-state index contributed by atoms with van der Waals surface area (Å²) in [4.78, 5) is 8.87. The zero-order valence-electron chi connectivity index (χ0n) is 11.1. The van der Waals surface area contributed by atoms with E-state index < -0.39 is 5.60 Å². The Hall–Kier alpha value is 0.0200. The summed E-state index contributed by atoms with van der Waals surface area (Å²) in [7, 11) is 1.63. The van der Waals surface area contributed by atoms with Crippen molar-refractivity contribution in [1.29, 1.82) is 0 Å². The van der Waals surface area contributed by atoms with E-state index in [1.54, 1.807) is 7.11 Å². The van der Waals surface area contributed by atoms with Crippen LogP contribution in [0.2, 0.25) is 5.15 Å². The predicted octanol–water partition coefficient (Wildman–Crippen LogP) is 3.54. The lowest BCUT2D eigenvalue weighted by atomic mass is 10.0. The number of aromatic nitrogens is 2. The number of ether oxygens (including phenoxy) is 2. The van der Waals surface area contributed by atoms with Crippen molar-refractivity contribution in [2.75, 3.05) is 13.7 Å². The van der Waals surface area contributed by atoms with Crippen LogP contribution in [0, 0.1) is 3.57 Å². The van der Waals surface area contributed by atoms with Crippen LogP contribution >= 0.6 is 34.2 Å². The van der Waals surface area contributed by atoms with Gasteiger partial charge in [0.2, 0.25) is 0 Å². The fraction of sp³-hybridized carbons (Fsp3) is 0.667. The molecule has 0 saturated carbocycles. The molecule has 6 heteroatoms. The maximum absolute atomic E-state index is 6.15. The highest BCUT2D eigenvalue weighted by molar-refractivity contribution is 14.1. The minimum atomic E-state index is -0.509.